The Labute approximate surface area is 150 Å². The lowest BCUT2D eigenvalue weighted by atomic mass is 10.2. The average molecular weight is 365 g/mol. The number of nitrogens with zero attached hydrogens (tertiary/aromatic N) is 1. The number of fused-ring (bicyclic) bond motifs is 1. The highest BCUT2D eigenvalue weighted by Gasteiger charge is 2.12. The third-order valence-corrected chi connectivity index (χ3v) is 4.22. The van der Waals surface area contributed by atoms with Gasteiger partial charge in [0.1, 0.15) is 5.82 Å². The maximum Gasteiger partial charge on any atom is 0.161 e. The average Bonchev–Trinajstić information content (AvgIpc) is 2.97. The van der Waals surface area contributed by atoms with Crippen LogP contribution in [0, 0.1) is 0 Å². The second-order valence-electron chi connectivity index (χ2n) is 5.31. The first-order valence-corrected chi connectivity index (χ1v) is 8.62. The van der Waals surface area contributed by atoms with Crippen LogP contribution in [0.25, 0.3) is 22.4 Å². The molecule has 1 N–H and O–H groups in total. The van der Waals surface area contributed by atoms with E-state index in [9.17, 15) is 0 Å². The lowest BCUT2D eigenvalue weighted by Crippen LogP contribution is -2.00. The summed E-state index contributed by atoms with van der Waals surface area (Å²) >= 11 is 12.1. The summed E-state index contributed by atoms with van der Waals surface area (Å²) < 4.78 is 11.4. The number of ether oxygens (including phenoxy) is 2. The largest absolute Gasteiger partial charge is 0.490 e. The van der Waals surface area contributed by atoms with Gasteiger partial charge in [0, 0.05) is 5.56 Å². The van der Waals surface area contributed by atoms with Crippen molar-refractivity contribution in [3.8, 4) is 22.9 Å². The number of hydrogen-bond donors (Lipinski definition) is 1. The second-order valence-corrected chi connectivity index (χ2v) is 6.13. The van der Waals surface area contributed by atoms with E-state index in [4.69, 9.17) is 32.7 Å². The topological polar surface area (TPSA) is 47.1 Å². The molecule has 1 aromatic heterocycles. The van der Waals surface area contributed by atoms with Crippen molar-refractivity contribution in [2.75, 3.05) is 13.2 Å². The molecule has 6 heteroatoms. The molecule has 0 saturated carbocycles. The van der Waals surface area contributed by atoms with Crippen molar-refractivity contribution in [2.45, 2.75) is 20.3 Å². The minimum atomic E-state index is 0.487. The van der Waals surface area contributed by atoms with Crippen molar-refractivity contribution in [3.05, 3.63) is 40.4 Å². The number of H-pyrrole nitrogens is 1. The predicted molar refractivity (Wildman–Crippen MR) is 98.5 cm³/mol. The van der Waals surface area contributed by atoms with Crippen molar-refractivity contribution in [2.24, 2.45) is 0 Å². The minimum Gasteiger partial charge on any atom is -0.490 e. The molecule has 0 amide bonds. The number of halogens is 2. The molecule has 0 unspecified atom stereocenters. The van der Waals surface area contributed by atoms with Gasteiger partial charge in [0.2, 0.25) is 0 Å². The Kier molecular flexibility index (Phi) is 5.17. The Bertz CT molecular complexity index is 823. The molecule has 3 rings (SSSR count). The maximum atomic E-state index is 6.06. The Hall–Kier alpha value is -1.91. The normalized spacial score (nSPS) is 11.0. The van der Waals surface area contributed by atoms with E-state index in [1.54, 1.807) is 12.1 Å². The SMILES string of the molecule is CCCOc1ccc(-c2nc3cc(Cl)c(Cl)cc3[nH]2)cc1OCC. The summed E-state index contributed by atoms with van der Waals surface area (Å²) in [5, 5.41) is 0.984. The molecule has 0 fully saturated rings. The summed E-state index contributed by atoms with van der Waals surface area (Å²) in [6, 6.07) is 9.31. The van der Waals surface area contributed by atoms with Crippen molar-refractivity contribution < 1.29 is 9.47 Å². The minimum absolute atomic E-state index is 0.487. The van der Waals surface area contributed by atoms with Crippen LogP contribution in [0.3, 0.4) is 0 Å². The Balaban J connectivity index is 2.00. The number of rotatable bonds is 6. The number of aromatic nitrogens is 2. The molecular weight excluding hydrogens is 347 g/mol. The van der Waals surface area contributed by atoms with Gasteiger partial charge in [0.05, 0.1) is 34.3 Å². The highest BCUT2D eigenvalue weighted by Crippen LogP contribution is 2.34. The van der Waals surface area contributed by atoms with Gasteiger partial charge in [-0.3, -0.25) is 0 Å². The fraction of sp³-hybridized carbons (Fsp3) is 0.278. The van der Waals surface area contributed by atoms with Gasteiger partial charge in [-0.1, -0.05) is 30.1 Å². The zero-order valence-electron chi connectivity index (χ0n) is 13.5. The molecule has 0 aliphatic carbocycles. The van der Waals surface area contributed by atoms with Gasteiger partial charge < -0.3 is 14.5 Å². The van der Waals surface area contributed by atoms with Crippen molar-refractivity contribution in [1.82, 2.24) is 9.97 Å². The van der Waals surface area contributed by atoms with Crippen LogP contribution in [-0.4, -0.2) is 23.2 Å². The summed E-state index contributed by atoms with van der Waals surface area (Å²) in [6.07, 6.45) is 0.943. The van der Waals surface area contributed by atoms with E-state index in [0.717, 1.165) is 34.6 Å². The van der Waals surface area contributed by atoms with Gasteiger partial charge in [-0.05, 0) is 43.7 Å². The number of imidazole rings is 1. The van der Waals surface area contributed by atoms with Gasteiger partial charge in [0.15, 0.2) is 11.5 Å². The van der Waals surface area contributed by atoms with Crippen LogP contribution in [0.15, 0.2) is 30.3 Å². The summed E-state index contributed by atoms with van der Waals surface area (Å²) in [5.74, 6) is 2.18. The summed E-state index contributed by atoms with van der Waals surface area (Å²) in [7, 11) is 0. The summed E-state index contributed by atoms with van der Waals surface area (Å²) in [4.78, 5) is 7.84. The van der Waals surface area contributed by atoms with Crippen LogP contribution in [0.5, 0.6) is 11.5 Å². The van der Waals surface area contributed by atoms with Gasteiger partial charge in [0.25, 0.3) is 0 Å². The smallest absolute Gasteiger partial charge is 0.161 e. The molecule has 0 aliphatic rings. The third-order valence-electron chi connectivity index (χ3n) is 3.50. The van der Waals surface area contributed by atoms with Crippen molar-refractivity contribution >= 4 is 34.2 Å². The number of hydrogen-bond acceptors (Lipinski definition) is 3. The summed E-state index contributed by atoms with van der Waals surface area (Å²) in [6.45, 7) is 5.24. The molecular formula is C18H18Cl2N2O2. The monoisotopic (exact) mass is 364 g/mol. The van der Waals surface area contributed by atoms with Crippen LogP contribution in [0.2, 0.25) is 10.0 Å². The van der Waals surface area contributed by atoms with Gasteiger partial charge in [-0.25, -0.2) is 4.98 Å². The first kappa shape index (κ1) is 16.9. The van der Waals surface area contributed by atoms with Crippen LogP contribution >= 0.6 is 23.2 Å². The van der Waals surface area contributed by atoms with E-state index in [2.05, 4.69) is 16.9 Å². The van der Waals surface area contributed by atoms with Crippen LogP contribution in [-0.2, 0) is 0 Å². The first-order chi connectivity index (χ1) is 11.6. The zero-order chi connectivity index (χ0) is 17.1. The Morgan fingerprint density at radius 1 is 1.00 bits per heavy atom. The van der Waals surface area contributed by atoms with Crippen LogP contribution < -0.4 is 9.47 Å². The molecule has 0 atom stereocenters. The number of aromatic amines is 1. The molecule has 24 heavy (non-hydrogen) atoms. The molecule has 0 saturated heterocycles. The van der Waals surface area contributed by atoms with E-state index in [1.807, 2.05) is 25.1 Å². The van der Waals surface area contributed by atoms with Gasteiger partial charge >= 0.3 is 0 Å². The van der Waals surface area contributed by atoms with E-state index in [-0.39, 0.29) is 0 Å². The molecule has 126 valence electrons. The Morgan fingerprint density at radius 3 is 2.54 bits per heavy atom. The lowest BCUT2D eigenvalue weighted by Gasteiger charge is -2.12. The molecule has 3 aromatic rings. The molecule has 0 radical (unpaired) electrons. The van der Waals surface area contributed by atoms with Gasteiger partial charge in [-0.15, -0.1) is 0 Å². The highest BCUT2D eigenvalue weighted by molar-refractivity contribution is 6.42. The van der Waals surface area contributed by atoms with Crippen LogP contribution in [0.4, 0.5) is 0 Å². The first-order valence-electron chi connectivity index (χ1n) is 7.87. The molecule has 0 bridgehead atoms. The molecule has 0 aliphatic heterocycles. The quantitative estimate of drug-likeness (QED) is 0.607. The maximum absolute atomic E-state index is 6.06. The third kappa shape index (κ3) is 3.45. The van der Waals surface area contributed by atoms with Crippen molar-refractivity contribution in [1.29, 1.82) is 0 Å². The summed E-state index contributed by atoms with van der Waals surface area (Å²) in [5.41, 5.74) is 2.51. The van der Waals surface area contributed by atoms with E-state index in [1.165, 1.54) is 0 Å². The number of benzene rings is 2. The Morgan fingerprint density at radius 2 is 1.79 bits per heavy atom. The zero-order valence-corrected chi connectivity index (χ0v) is 15.0. The highest BCUT2D eigenvalue weighted by atomic mass is 35.5. The predicted octanol–water partition coefficient (Wildman–Crippen LogP) is 5.72. The lowest BCUT2D eigenvalue weighted by molar-refractivity contribution is 0.277. The molecule has 0 spiro atoms. The van der Waals surface area contributed by atoms with E-state index < -0.39 is 0 Å². The van der Waals surface area contributed by atoms with Crippen molar-refractivity contribution in [3.63, 3.8) is 0 Å². The molecule has 2 aromatic carbocycles. The van der Waals surface area contributed by atoms with Crippen LogP contribution in [0.1, 0.15) is 20.3 Å². The second kappa shape index (κ2) is 7.32. The van der Waals surface area contributed by atoms with Gasteiger partial charge in [-0.2, -0.15) is 0 Å². The van der Waals surface area contributed by atoms with E-state index in [0.29, 0.717) is 29.0 Å². The number of nitrogens with one attached hydrogen (secondary N) is 1. The van der Waals surface area contributed by atoms with E-state index >= 15 is 0 Å². The molecule has 4 nitrogen and oxygen atoms in total. The fourth-order valence-electron chi connectivity index (χ4n) is 2.40. The molecule has 1 heterocycles. The standard InChI is InChI=1S/C18H18Cl2N2O2/c1-3-7-24-16-6-5-11(8-17(16)23-4-2)18-21-14-9-12(19)13(20)10-15(14)22-18/h5-6,8-10H,3-4,7H2,1-2H3,(H,21,22). The fourth-order valence-corrected chi connectivity index (χ4v) is 2.72.